The Balaban J connectivity index is 2.89. The molecule has 0 radical (unpaired) electrons. The molecule has 1 heterocycles. The number of ketones is 1. The standard InChI is InChI=1S/C14H24N6O6/c1-6(22)11(7(2)23)18-14(25)17-9(3-4-10(16)24)13-20-19-12(26-13)8(15)5-21/h6,8-9,11,21-22H,3-5,15H2,1-2H3,(H2,16,24)(H2,17,18,25)/t6?,8-,9-,11-/m0/s1. The Bertz CT molecular complexity index is 633. The summed E-state index contributed by atoms with van der Waals surface area (Å²) in [6.07, 6.45) is -1.13. The Morgan fingerprint density at radius 1 is 1.23 bits per heavy atom. The minimum atomic E-state index is -1.10. The SMILES string of the molecule is CC(=O)[C@@H](NC(=O)N[C@@H](CCC(N)=O)c1nnc([C@@H](N)CO)o1)C(C)O. The molecule has 1 unspecified atom stereocenters. The molecule has 12 nitrogen and oxygen atoms in total. The van der Waals surface area contributed by atoms with Crippen molar-refractivity contribution < 1.29 is 29.0 Å². The number of primary amides is 1. The van der Waals surface area contributed by atoms with Gasteiger partial charge < -0.3 is 36.7 Å². The molecule has 0 aliphatic carbocycles. The summed E-state index contributed by atoms with van der Waals surface area (Å²) in [6, 6.07) is -3.67. The molecule has 146 valence electrons. The summed E-state index contributed by atoms with van der Waals surface area (Å²) in [5.74, 6) is -1.12. The quantitative estimate of drug-likeness (QED) is 0.268. The van der Waals surface area contributed by atoms with E-state index in [9.17, 15) is 19.5 Å². The third-order valence-electron chi connectivity index (χ3n) is 3.46. The average molecular weight is 372 g/mol. The van der Waals surface area contributed by atoms with Gasteiger partial charge in [0.1, 0.15) is 18.1 Å². The van der Waals surface area contributed by atoms with Gasteiger partial charge in [0.25, 0.3) is 0 Å². The summed E-state index contributed by atoms with van der Waals surface area (Å²) in [5, 5.41) is 30.8. The molecule has 4 atom stereocenters. The molecule has 0 saturated carbocycles. The van der Waals surface area contributed by atoms with Crippen molar-refractivity contribution in [1.82, 2.24) is 20.8 Å². The number of urea groups is 1. The fraction of sp³-hybridized carbons (Fsp3) is 0.643. The van der Waals surface area contributed by atoms with Crippen molar-refractivity contribution in [2.75, 3.05) is 6.61 Å². The van der Waals surface area contributed by atoms with E-state index in [4.69, 9.17) is 21.0 Å². The second-order valence-corrected chi connectivity index (χ2v) is 5.77. The highest BCUT2D eigenvalue weighted by atomic mass is 16.4. The molecule has 0 aliphatic heterocycles. The summed E-state index contributed by atoms with van der Waals surface area (Å²) in [7, 11) is 0. The van der Waals surface area contributed by atoms with E-state index in [-0.39, 0.29) is 24.6 Å². The minimum Gasteiger partial charge on any atom is -0.421 e. The molecular formula is C14H24N6O6. The molecule has 3 amide bonds. The second-order valence-electron chi connectivity index (χ2n) is 5.77. The Hall–Kier alpha value is -2.57. The zero-order valence-corrected chi connectivity index (χ0v) is 14.5. The maximum atomic E-state index is 12.1. The van der Waals surface area contributed by atoms with Gasteiger partial charge in [0, 0.05) is 6.42 Å². The van der Waals surface area contributed by atoms with Gasteiger partial charge in [-0.2, -0.15) is 0 Å². The van der Waals surface area contributed by atoms with E-state index in [0.29, 0.717) is 0 Å². The predicted octanol–water partition coefficient (Wildman–Crippen LogP) is -1.99. The second kappa shape index (κ2) is 9.79. The van der Waals surface area contributed by atoms with Crippen LogP contribution in [0.2, 0.25) is 0 Å². The number of aliphatic hydroxyl groups excluding tert-OH is 2. The van der Waals surface area contributed by atoms with Crippen LogP contribution in [0.25, 0.3) is 0 Å². The van der Waals surface area contributed by atoms with Crippen LogP contribution < -0.4 is 22.1 Å². The van der Waals surface area contributed by atoms with Gasteiger partial charge in [0.2, 0.25) is 17.7 Å². The van der Waals surface area contributed by atoms with Gasteiger partial charge in [-0.3, -0.25) is 9.59 Å². The van der Waals surface area contributed by atoms with E-state index in [2.05, 4.69) is 20.8 Å². The summed E-state index contributed by atoms with van der Waals surface area (Å²) in [4.78, 5) is 34.6. The van der Waals surface area contributed by atoms with Crippen molar-refractivity contribution in [1.29, 1.82) is 0 Å². The number of rotatable bonds is 10. The summed E-state index contributed by atoms with van der Waals surface area (Å²) < 4.78 is 5.31. The first kappa shape index (κ1) is 21.5. The molecule has 12 heteroatoms. The smallest absolute Gasteiger partial charge is 0.316 e. The lowest BCUT2D eigenvalue weighted by molar-refractivity contribution is -0.121. The van der Waals surface area contributed by atoms with Crippen LogP contribution in [0.1, 0.15) is 50.6 Å². The lowest BCUT2D eigenvalue weighted by Gasteiger charge is -2.21. The maximum absolute atomic E-state index is 12.1. The number of hydrogen-bond acceptors (Lipinski definition) is 9. The highest BCUT2D eigenvalue weighted by molar-refractivity contribution is 5.87. The van der Waals surface area contributed by atoms with E-state index >= 15 is 0 Å². The average Bonchev–Trinajstić information content (AvgIpc) is 3.04. The third kappa shape index (κ3) is 6.38. The lowest BCUT2D eigenvalue weighted by atomic mass is 10.1. The molecule has 0 aliphatic rings. The van der Waals surface area contributed by atoms with Gasteiger partial charge in [-0.15, -0.1) is 10.2 Å². The minimum absolute atomic E-state index is 0.0422. The predicted molar refractivity (Wildman–Crippen MR) is 87.3 cm³/mol. The van der Waals surface area contributed by atoms with Crippen LogP contribution in [-0.2, 0) is 9.59 Å². The van der Waals surface area contributed by atoms with Gasteiger partial charge >= 0.3 is 6.03 Å². The summed E-state index contributed by atoms with van der Waals surface area (Å²) in [6.45, 7) is 2.16. The zero-order valence-electron chi connectivity index (χ0n) is 14.5. The number of carbonyl (C=O) groups excluding carboxylic acids is 3. The molecule has 8 N–H and O–H groups in total. The van der Waals surface area contributed by atoms with E-state index in [0.717, 1.165) is 0 Å². The number of carbonyl (C=O) groups is 3. The summed E-state index contributed by atoms with van der Waals surface area (Å²) in [5.41, 5.74) is 10.7. The van der Waals surface area contributed by atoms with Crippen LogP contribution in [0.4, 0.5) is 4.79 Å². The van der Waals surface area contributed by atoms with Crippen LogP contribution in [0.3, 0.4) is 0 Å². The van der Waals surface area contributed by atoms with Crippen molar-refractivity contribution >= 4 is 17.7 Å². The Morgan fingerprint density at radius 2 is 1.85 bits per heavy atom. The van der Waals surface area contributed by atoms with Crippen molar-refractivity contribution in [2.24, 2.45) is 11.5 Å². The normalized spacial score (nSPS) is 15.6. The van der Waals surface area contributed by atoms with E-state index in [1.54, 1.807) is 0 Å². The number of aliphatic hydroxyl groups is 2. The fourth-order valence-corrected chi connectivity index (χ4v) is 2.06. The van der Waals surface area contributed by atoms with E-state index in [1.165, 1.54) is 13.8 Å². The highest BCUT2D eigenvalue weighted by Crippen LogP contribution is 2.19. The first-order valence-corrected chi connectivity index (χ1v) is 7.89. The molecule has 0 bridgehead atoms. The van der Waals surface area contributed by atoms with Gasteiger partial charge in [-0.05, 0) is 20.3 Å². The van der Waals surface area contributed by atoms with Crippen LogP contribution >= 0.6 is 0 Å². The lowest BCUT2D eigenvalue weighted by Crippen LogP contribution is -2.51. The molecule has 1 aromatic heterocycles. The van der Waals surface area contributed by atoms with Gasteiger partial charge in [-0.25, -0.2) is 4.79 Å². The van der Waals surface area contributed by atoms with Crippen molar-refractivity contribution in [3.8, 4) is 0 Å². The molecule has 1 aromatic rings. The van der Waals surface area contributed by atoms with Crippen molar-refractivity contribution in [2.45, 2.75) is 50.9 Å². The third-order valence-corrected chi connectivity index (χ3v) is 3.46. The number of nitrogens with one attached hydrogen (secondary N) is 2. The number of hydrogen-bond donors (Lipinski definition) is 6. The molecule has 1 rings (SSSR count). The number of amides is 3. The first-order chi connectivity index (χ1) is 12.1. The van der Waals surface area contributed by atoms with Crippen LogP contribution in [0.15, 0.2) is 4.42 Å². The maximum Gasteiger partial charge on any atom is 0.316 e. The fourth-order valence-electron chi connectivity index (χ4n) is 2.06. The molecule has 0 saturated heterocycles. The summed E-state index contributed by atoms with van der Waals surface area (Å²) >= 11 is 0. The van der Waals surface area contributed by atoms with Crippen molar-refractivity contribution in [3.05, 3.63) is 11.8 Å². The number of Topliss-reactive ketones (excluding diaryl/α,β-unsaturated/α-hetero) is 1. The van der Waals surface area contributed by atoms with Crippen LogP contribution in [-0.4, -0.2) is 56.9 Å². The number of aromatic nitrogens is 2. The van der Waals surface area contributed by atoms with E-state index < -0.39 is 48.6 Å². The Kier molecular flexibility index (Phi) is 8.09. The molecule has 0 fully saturated rings. The first-order valence-electron chi connectivity index (χ1n) is 7.89. The Labute approximate surface area is 149 Å². The molecular weight excluding hydrogens is 348 g/mol. The van der Waals surface area contributed by atoms with Crippen LogP contribution in [0, 0.1) is 0 Å². The zero-order chi connectivity index (χ0) is 19.9. The highest BCUT2D eigenvalue weighted by Gasteiger charge is 2.26. The number of nitrogens with zero attached hydrogens (tertiary/aromatic N) is 2. The number of nitrogens with two attached hydrogens (primary N) is 2. The van der Waals surface area contributed by atoms with Gasteiger partial charge in [0.05, 0.1) is 12.7 Å². The van der Waals surface area contributed by atoms with E-state index in [1.807, 2.05) is 0 Å². The van der Waals surface area contributed by atoms with Crippen molar-refractivity contribution in [3.63, 3.8) is 0 Å². The van der Waals surface area contributed by atoms with Gasteiger partial charge in [0.15, 0.2) is 5.78 Å². The largest absolute Gasteiger partial charge is 0.421 e. The molecule has 0 spiro atoms. The molecule has 26 heavy (non-hydrogen) atoms. The molecule has 0 aromatic carbocycles. The topological polar surface area (TPSA) is 207 Å². The van der Waals surface area contributed by atoms with Crippen LogP contribution in [0.5, 0.6) is 0 Å². The monoisotopic (exact) mass is 372 g/mol. The van der Waals surface area contributed by atoms with Gasteiger partial charge in [-0.1, -0.05) is 0 Å². The Morgan fingerprint density at radius 3 is 2.35 bits per heavy atom.